The van der Waals surface area contributed by atoms with Crippen LogP contribution in [0.5, 0.6) is 0 Å². The number of aryl methyl sites for hydroxylation is 1. The summed E-state index contributed by atoms with van der Waals surface area (Å²) in [5.74, 6) is -0.220. The van der Waals surface area contributed by atoms with Gasteiger partial charge in [0.15, 0.2) is 0 Å². The van der Waals surface area contributed by atoms with Crippen LogP contribution in [0.15, 0.2) is 30.4 Å². The van der Waals surface area contributed by atoms with Gasteiger partial charge in [0.2, 0.25) is 11.8 Å². The third kappa shape index (κ3) is 4.18. The Morgan fingerprint density at radius 1 is 1.24 bits per heavy atom. The molecule has 2 amide bonds. The van der Waals surface area contributed by atoms with E-state index in [2.05, 4.69) is 16.7 Å². The third-order valence-corrected chi connectivity index (χ3v) is 3.94. The van der Waals surface area contributed by atoms with Gasteiger partial charge in [0.25, 0.3) is 0 Å². The van der Waals surface area contributed by atoms with Gasteiger partial charge in [-0.25, -0.2) is 0 Å². The minimum Gasteiger partial charge on any atom is -0.347 e. The summed E-state index contributed by atoms with van der Waals surface area (Å²) in [6.45, 7) is 3.99. The molecule has 0 aromatic heterocycles. The fraction of sp³-hybridized carbons (Fsp3) is 0.412. The number of hydrogen-bond acceptors (Lipinski definition) is 2. The lowest BCUT2D eigenvalue weighted by atomic mass is 9.94. The SMILES string of the molecule is Cc1cccc(NC(=O)CNC(=O)[C@H]2CC=CCC2)c1C. The molecule has 1 aliphatic rings. The number of anilines is 1. The van der Waals surface area contributed by atoms with Crippen LogP contribution in [-0.2, 0) is 9.59 Å². The third-order valence-electron chi connectivity index (χ3n) is 3.94. The smallest absolute Gasteiger partial charge is 0.243 e. The van der Waals surface area contributed by atoms with Crippen molar-refractivity contribution < 1.29 is 9.59 Å². The van der Waals surface area contributed by atoms with Crippen LogP contribution in [0.25, 0.3) is 0 Å². The van der Waals surface area contributed by atoms with Crippen LogP contribution in [0.3, 0.4) is 0 Å². The van der Waals surface area contributed by atoms with Crippen molar-refractivity contribution in [2.45, 2.75) is 33.1 Å². The fourth-order valence-electron chi connectivity index (χ4n) is 2.42. The van der Waals surface area contributed by atoms with Crippen LogP contribution in [0.4, 0.5) is 5.69 Å². The molecular formula is C17H22N2O2. The molecular weight excluding hydrogens is 264 g/mol. The highest BCUT2D eigenvalue weighted by Crippen LogP contribution is 2.19. The molecule has 21 heavy (non-hydrogen) atoms. The van der Waals surface area contributed by atoms with Crippen LogP contribution in [0.1, 0.15) is 30.4 Å². The molecule has 1 atom stereocenters. The molecule has 0 aliphatic heterocycles. The van der Waals surface area contributed by atoms with E-state index in [1.807, 2.05) is 38.1 Å². The van der Waals surface area contributed by atoms with Crippen molar-refractivity contribution in [2.75, 3.05) is 11.9 Å². The van der Waals surface area contributed by atoms with Crippen LogP contribution in [0, 0.1) is 19.8 Å². The standard InChI is InChI=1S/C17H22N2O2/c1-12-7-6-10-15(13(12)2)19-16(20)11-18-17(21)14-8-4-3-5-9-14/h3-4,6-7,10,14H,5,8-9,11H2,1-2H3,(H,18,21)(H,19,20)/t14-/m0/s1. The summed E-state index contributed by atoms with van der Waals surface area (Å²) in [5.41, 5.74) is 2.98. The zero-order valence-corrected chi connectivity index (χ0v) is 12.6. The number of allylic oxidation sites excluding steroid dienone is 2. The largest absolute Gasteiger partial charge is 0.347 e. The van der Waals surface area contributed by atoms with Crippen molar-refractivity contribution >= 4 is 17.5 Å². The van der Waals surface area contributed by atoms with Gasteiger partial charge in [0.05, 0.1) is 6.54 Å². The van der Waals surface area contributed by atoms with Crippen LogP contribution < -0.4 is 10.6 Å². The average molecular weight is 286 g/mol. The van der Waals surface area contributed by atoms with E-state index in [4.69, 9.17) is 0 Å². The highest BCUT2D eigenvalue weighted by Gasteiger charge is 2.19. The number of nitrogens with one attached hydrogen (secondary N) is 2. The van der Waals surface area contributed by atoms with Crippen molar-refractivity contribution in [1.82, 2.24) is 5.32 Å². The summed E-state index contributed by atoms with van der Waals surface area (Å²) >= 11 is 0. The van der Waals surface area contributed by atoms with E-state index in [0.29, 0.717) is 0 Å². The number of carbonyl (C=O) groups is 2. The lowest BCUT2D eigenvalue weighted by Gasteiger charge is -2.17. The maximum atomic E-state index is 12.0. The van der Waals surface area contributed by atoms with Gasteiger partial charge in [-0.05, 0) is 50.3 Å². The molecule has 0 fully saturated rings. The van der Waals surface area contributed by atoms with Crippen molar-refractivity contribution in [2.24, 2.45) is 5.92 Å². The van der Waals surface area contributed by atoms with E-state index >= 15 is 0 Å². The van der Waals surface area contributed by atoms with Gasteiger partial charge in [-0.3, -0.25) is 9.59 Å². The van der Waals surface area contributed by atoms with Gasteiger partial charge < -0.3 is 10.6 Å². The summed E-state index contributed by atoms with van der Waals surface area (Å²) in [5, 5.41) is 5.56. The van der Waals surface area contributed by atoms with Crippen LogP contribution in [-0.4, -0.2) is 18.4 Å². The second kappa shape index (κ2) is 7.07. The predicted molar refractivity (Wildman–Crippen MR) is 84.0 cm³/mol. The zero-order valence-electron chi connectivity index (χ0n) is 12.6. The average Bonchev–Trinajstić information content (AvgIpc) is 2.50. The number of carbonyl (C=O) groups excluding carboxylic acids is 2. The quantitative estimate of drug-likeness (QED) is 0.836. The van der Waals surface area contributed by atoms with E-state index in [1.54, 1.807) is 0 Å². The number of hydrogen-bond donors (Lipinski definition) is 2. The lowest BCUT2D eigenvalue weighted by molar-refractivity contribution is -0.127. The van der Waals surface area contributed by atoms with Crippen molar-refractivity contribution in [3.8, 4) is 0 Å². The molecule has 0 unspecified atom stereocenters. The lowest BCUT2D eigenvalue weighted by Crippen LogP contribution is -2.37. The molecule has 0 radical (unpaired) electrons. The van der Waals surface area contributed by atoms with Gasteiger partial charge in [-0.1, -0.05) is 24.3 Å². The van der Waals surface area contributed by atoms with Crippen molar-refractivity contribution in [3.05, 3.63) is 41.5 Å². The summed E-state index contributed by atoms with van der Waals surface area (Å²) in [6, 6.07) is 5.78. The number of rotatable bonds is 4. The predicted octanol–water partition coefficient (Wildman–Crippen LogP) is 2.71. The Labute approximate surface area is 125 Å². The Balaban J connectivity index is 1.83. The van der Waals surface area contributed by atoms with E-state index in [9.17, 15) is 9.59 Å². The van der Waals surface area contributed by atoms with Crippen molar-refractivity contribution in [3.63, 3.8) is 0 Å². The molecule has 112 valence electrons. The molecule has 0 saturated carbocycles. The summed E-state index contributed by atoms with van der Waals surface area (Å²) < 4.78 is 0. The minimum absolute atomic E-state index is 0.00325. The normalized spacial score (nSPS) is 17.3. The summed E-state index contributed by atoms with van der Waals surface area (Å²) in [4.78, 5) is 23.9. The summed E-state index contributed by atoms with van der Waals surface area (Å²) in [6.07, 6.45) is 6.69. The van der Waals surface area contributed by atoms with E-state index in [-0.39, 0.29) is 24.3 Å². The molecule has 1 aromatic carbocycles. The first-order valence-corrected chi connectivity index (χ1v) is 7.36. The van der Waals surface area contributed by atoms with Gasteiger partial charge in [0, 0.05) is 11.6 Å². The Bertz CT molecular complexity index is 564. The molecule has 1 aliphatic carbocycles. The van der Waals surface area contributed by atoms with E-state index in [0.717, 1.165) is 36.1 Å². The second-order valence-electron chi connectivity index (χ2n) is 5.49. The van der Waals surface area contributed by atoms with Crippen molar-refractivity contribution in [1.29, 1.82) is 0 Å². The molecule has 2 N–H and O–H groups in total. The van der Waals surface area contributed by atoms with E-state index in [1.165, 1.54) is 0 Å². The Morgan fingerprint density at radius 3 is 2.76 bits per heavy atom. The Morgan fingerprint density at radius 2 is 2.05 bits per heavy atom. The fourth-order valence-corrected chi connectivity index (χ4v) is 2.42. The number of amides is 2. The van der Waals surface area contributed by atoms with Gasteiger partial charge in [-0.15, -0.1) is 0 Å². The molecule has 0 heterocycles. The number of benzene rings is 1. The minimum atomic E-state index is -0.191. The maximum absolute atomic E-state index is 12.0. The van der Waals surface area contributed by atoms with Gasteiger partial charge in [0.1, 0.15) is 0 Å². The zero-order chi connectivity index (χ0) is 15.2. The molecule has 0 spiro atoms. The Hall–Kier alpha value is -2.10. The molecule has 0 saturated heterocycles. The highest BCUT2D eigenvalue weighted by molar-refractivity contribution is 5.95. The molecule has 1 aromatic rings. The highest BCUT2D eigenvalue weighted by atomic mass is 16.2. The monoisotopic (exact) mass is 286 g/mol. The molecule has 0 bridgehead atoms. The first kappa shape index (κ1) is 15.3. The molecule has 2 rings (SSSR count). The second-order valence-corrected chi connectivity index (χ2v) is 5.49. The van der Waals surface area contributed by atoms with E-state index < -0.39 is 0 Å². The Kier molecular flexibility index (Phi) is 5.14. The van der Waals surface area contributed by atoms with Crippen LogP contribution in [0.2, 0.25) is 0 Å². The molecule has 4 heteroatoms. The van der Waals surface area contributed by atoms with Gasteiger partial charge in [-0.2, -0.15) is 0 Å². The van der Waals surface area contributed by atoms with Gasteiger partial charge >= 0.3 is 0 Å². The molecule has 4 nitrogen and oxygen atoms in total. The summed E-state index contributed by atoms with van der Waals surface area (Å²) in [7, 11) is 0. The topological polar surface area (TPSA) is 58.2 Å². The maximum Gasteiger partial charge on any atom is 0.243 e. The van der Waals surface area contributed by atoms with Crippen LogP contribution >= 0.6 is 0 Å². The first-order chi connectivity index (χ1) is 10.1. The first-order valence-electron chi connectivity index (χ1n) is 7.36.